The Morgan fingerprint density at radius 2 is 2.07 bits per heavy atom. The second-order valence-corrected chi connectivity index (χ2v) is 3.40. The van der Waals surface area contributed by atoms with E-state index in [1.54, 1.807) is 19.1 Å². The Morgan fingerprint density at radius 3 is 2.53 bits per heavy atom. The lowest BCUT2D eigenvalue weighted by molar-refractivity contribution is -0.143. The summed E-state index contributed by atoms with van der Waals surface area (Å²) in [5, 5.41) is 8.62. The SMILES string of the molecule is COc1cc(C)cc(C)c1C(F)C(=O)O. The summed E-state index contributed by atoms with van der Waals surface area (Å²) < 4.78 is 18.4. The average Bonchev–Trinajstić information content (AvgIpc) is 2.15. The Kier molecular flexibility index (Phi) is 3.29. The number of aryl methyl sites for hydroxylation is 2. The van der Waals surface area contributed by atoms with E-state index in [1.165, 1.54) is 7.11 Å². The van der Waals surface area contributed by atoms with Crippen molar-refractivity contribution < 1.29 is 19.0 Å². The van der Waals surface area contributed by atoms with Crippen molar-refractivity contribution in [1.82, 2.24) is 0 Å². The maximum absolute atomic E-state index is 13.4. The van der Waals surface area contributed by atoms with Crippen molar-refractivity contribution in [3.05, 3.63) is 28.8 Å². The van der Waals surface area contributed by atoms with Crippen LogP contribution in [0.3, 0.4) is 0 Å². The molecule has 1 rings (SSSR count). The molecule has 3 nitrogen and oxygen atoms in total. The van der Waals surface area contributed by atoms with Crippen LogP contribution in [-0.2, 0) is 4.79 Å². The first-order chi connectivity index (χ1) is 6.97. The standard InChI is InChI=1S/C11H13FO3/c1-6-4-7(2)9(8(5-6)15-3)10(12)11(13)14/h4-5,10H,1-3H3,(H,13,14). The zero-order valence-corrected chi connectivity index (χ0v) is 8.87. The number of benzene rings is 1. The molecule has 82 valence electrons. The summed E-state index contributed by atoms with van der Waals surface area (Å²) in [4.78, 5) is 10.6. The highest BCUT2D eigenvalue weighted by Gasteiger charge is 2.24. The van der Waals surface area contributed by atoms with E-state index < -0.39 is 12.1 Å². The van der Waals surface area contributed by atoms with Crippen LogP contribution in [0.1, 0.15) is 22.9 Å². The second kappa shape index (κ2) is 4.29. The van der Waals surface area contributed by atoms with Gasteiger partial charge < -0.3 is 9.84 Å². The first kappa shape index (κ1) is 11.5. The first-order valence-corrected chi connectivity index (χ1v) is 4.49. The second-order valence-electron chi connectivity index (χ2n) is 3.40. The number of methoxy groups -OCH3 is 1. The van der Waals surface area contributed by atoms with E-state index in [-0.39, 0.29) is 11.3 Å². The van der Waals surface area contributed by atoms with E-state index in [9.17, 15) is 9.18 Å². The molecule has 1 aromatic carbocycles. The molecule has 4 heteroatoms. The molecule has 0 saturated heterocycles. The lowest BCUT2D eigenvalue weighted by Crippen LogP contribution is -2.09. The van der Waals surface area contributed by atoms with E-state index >= 15 is 0 Å². The van der Waals surface area contributed by atoms with Gasteiger partial charge in [0.2, 0.25) is 6.17 Å². The van der Waals surface area contributed by atoms with Crippen LogP contribution in [0, 0.1) is 13.8 Å². The molecule has 0 aliphatic heterocycles. The van der Waals surface area contributed by atoms with E-state index in [0.29, 0.717) is 5.56 Å². The predicted molar refractivity (Wildman–Crippen MR) is 54.0 cm³/mol. The molecule has 0 heterocycles. The van der Waals surface area contributed by atoms with Crippen LogP contribution in [0.2, 0.25) is 0 Å². The van der Waals surface area contributed by atoms with Gasteiger partial charge in [0.15, 0.2) is 0 Å². The number of carboxylic acids is 1. The summed E-state index contributed by atoms with van der Waals surface area (Å²) in [6, 6.07) is 3.35. The van der Waals surface area contributed by atoms with Gasteiger partial charge >= 0.3 is 5.97 Å². The Bertz CT molecular complexity index is 388. The summed E-state index contributed by atoms with van der Waals surface area (Å²) in [5.41, 5.74) is 1.59. The van der Waals surface area contributed by atoms with Gasteiger partial charge in [0.05, 0.1) is 7.11 Å². The highest BCUT2D eigenvalue weighted by molar-refractivity contribution is 5.76. The lowest BCUT2D eigenvalue weighted by atomic mass is 10.0. The molecule has 0 aliphatic rings. The number of hydrogen-bond acceptors (Lipinski definition) is 2. The van der Waals surface area contributed by atoms with Crippen LogP contribution in [0.25, 0.3) is 0 Å². The summed E-state index contributed by atoms with van der Waals surface area (Å²) >= 11 is 0. The molecule has 0 aliphatic carbocycles. The molecule has 0 aromatic heterocycles. The fourth-order valence-electron chi connectivity index (χ4n) is 1.56. The Labute approximate surface area is 87.5 Å². The molecule has 0 amide bonds. The number of carbonyl (C=O) groups is 1. The van der Waals surface area contributed by atoms with Crippen molar-refractivity contribution in [2.45, 2.75) is 20.0 Å². The van der Waals surface area contributed by atoms with Gasteiger partial charge in [0.1, 0.15) is 5.75 Å². The molecule has 1 unspecified atom stereocenters. The number of hydrogen-bond donors (Lipinski definition) is 1. The molecule has 1 aromatic rings. The molecule has 1 atom stereocenters. The Balaban J connectivity index is 3.32. The molecule has 15 heavy (non-hydrogen) atoms. The van der Waals surface area contributed by atoms with Gasteiger partial charge in [-0.15, -0.1) is 0 Å². The van der Waals surface area contributed by atoms with Crippen LogP contribution >= 0.6 is 0 Å². The number of carboxylic acid groups (broad SMARTS) is 1. The number of ether oxygens (including phenoxy) is 1. The molecule has 1 N–H and O–H groups in total. The Morgan fingerprint density at radius 1 is 1.47 bits per heavy atom. The normalized spacial score (nSPS) is 12.3. The summed E-state index contributed by atoms with van der Waals surface area (Å²) in [5.74, 6) is -1.22. The smallest absolute Gasteiger partial charge is 0.343 e. The number of alkyl halides is 1. The predicted octanol–water partition coefficient (Wildman–Crippen LogP) is 2.41. The van der Waals surface area contributed by atoms with E-state index in [2.05, 4.69) is 0 Å². The van der Waals surface area contributed by atoms with Crippen LogP contribution in [0.4, 0.5) is 4.39 Å². The number of aliphatic carboxylic acids is 1. The van der Waals surface area contributed by atoms with E-state index in [4.69, 9.17) is 9.84 Å². The molecule has 0 spiro atoms. The summed E-state index contributed by atoms with van der Waals surface area (Å²) in [6.07, 6.45) is -2.04. The molecule has 0 saturated carbocycles. The van der Waals surface area contributed by atoms with E-state index in [1.807, 2.05) is 6.92 Å². The topological polar surface area (TPSA) is 46.5 Å². The highest BCUT2D eigenvalue weighted by atomic mass is 19.1. The first-order valence-electron chi connectivity index (χ1n) is 4.49. The van der Waals surface area contributed by atoms with Crippen molar-refractivity contribution in [1.29, 1.82) is 0 Å². The molecular formula is C11H13FO3. The average molecular weight is 212 g/mol. The third kappa shape index (κ3) is 2.26. The maximum atomic E-state index is 13.4. The van der Waals surface area contributed by atoms with Gasteiger partial charge in [-0.3, -0.25) is 0 Å². The van der Waals surface area contributed by atoms with Crippen molar-refractivity contribution in [2.75, 3.05) is 7.11 Å². The third-order valence-corrected chi connectivity index (χ3v) is 2.18. The largest absolute Gasteiger partial charge is 0.496 e. The maximum Gasteiger partial charge on any atom is 0.343 e. The van der Waals surface area contributed by atoms with Gasteiger partial charge in [0.25, 0.3) is 0 Å². The van der Waals surface area contributed by atoms with Gasteiger partial charge in [-0.1, -0.05) is 6.07 Å². The van der Waals surface area contributed by atoms with Crippen LogP contribution in [0.15, 0.2) is 12.1 Å². The minimum absolute atomic E-state index is 0.0931. The van der Waals surface area contributed by atoms with Gasteiger partial charge in [0, 0.05) is 5.56 Å². The van der Waals surface area contributed by atoms with Crippen molar-refractivity contribution in [2.24, 2.45) is 0 Å². The third-order valence-electron chi connectivity index (χ3n) is 2.18. The van der Waals surface area contributed by atoms with Gasteiger partial charge in [-0.2, -0.15) is 0 Å². The monoisotopic (exact) mass is 212 g/mol. The quantitative estimate of drug-likeness (QED) is 0.836. The number of rotatable bonds is 3. The molecule has 0 fully saturated rings. The molecular weight excluding hydrogens is 199 g/mol. The van der Waals surface area contributed by atoms with Crippen LogP contribution < -0.4 is 4.74 Å². The minimum atomic E-state index is -2.04. The zero-order chi connectivity index (χ0) is 11.6. The summed E-state index contributed by atoms with van der Waals surface area (Å²) in [6.45, 7) is 3.51. The molecule has 0 radical (unpaired) electrons. The van der Waals surface area contributed by atoms with Crippen LogP contribution in [-0.4, -0.2) is 18.2 Å². The number of halogens is 1. The minimum Gasteiger partial charge on any atom is -0.496 e. The van der Waals surface area contributed by atoms with Crippen molar-refractivity contribution in [3.63, 3.8) is 0 Å². The molecule has 0 bridgehead atoms. The van der Waals surface area contributed by atoms with Gasteiger partial charge in [-0.05, 0) is 31.0 Å². The zero-order valence-electron chi connectivity index (χ0n) is 8.87. The van der Waals surface area contributed by atoms with Gasteiger partial charge in [-0.25, -0.2) is 9.18 Å². The Hall–Kier alpha value is -1.58. The summed E-state index contributed by atoms with van der Waals surface area (Å²) in [7, 11) is 1.40. The lowest BCUT2D eigenvalue weighted by Gasteiger charge is -2.13. The highest BCUT2D eigenvalue weighted by Crippen LogP contribution is 2.32. The van der Waals surface area contributed by atoms with E-state index in [0.717, 1.165) is 5.56 Å². The van der Waals surface area contributed by atoms with Crippen molar-refractivity contribution in [3.8, 4) is 5.75 Å². The van der Waals surface area contributed by atoms with Crippen LogP contribution in [0.5, 0.6) is 5.75 Å². The fourth-order valence-corrected chi connectivity index (χ4v) is 1.56. The fraction of sp³-hybridized carbons (Fsp3) is 0.364. The van der Waals surface area contributed by atoms with Crippen molar-refractivity contribution >= 4 is 5.97 Å².